The summed E-state index contributed by atoms with van der Waals surface area (Å²) in [6, 6.07) is 5.38. The van der Waals surface area contributed by atoms with Crippen molar-refractivity contribution in [2.24, 2.45) is 0 Å². The fourth-order valence-electron chi connectivity index (χ4n) is 2.46. The topological polar surface area (TPSA) is 91.1 Å². The standard InChI is InChI=1S/C14H20BNO6/c1-2-20-9-4-10-21-13-6-3-5-11-12(7-8-16(18)19)22-15(17)14(11)13/h3,5-6,12,17H,2,4,7-10H2,1H3. The molecule has 1 atom stereocenters. The number of ether oxygens (including phenoxy) is 2. The van der Waals surface area contributed by atoms with Crippen molar-refractivity contribution in [1.82, 2.24) is 0 Å². The summed E-state index contributed by atoms with van der Waals surface area (Å²) in [5, 5.41) is 20.5. The predicted molar refractivity (Wildman–Crippen MR) is 81.0 cm³/mol. The first-order chi connectivity index (χ1) is 10.6. The maximum atomic E-state index is 10.5. The molecule has 0 fully saturated rings. The van der Waals surface area contributed by atoms with Crippen LogP contribution < -0.4 is 10.2 Å². The first kappa shape index (κ1) is 16.7. The quantitative estimate of drug-likeness (QED) is 0.316. The third-order valence-corrected chi connectivity index (χ3v) is 3.46. The van der Waals surface area contributed by atoms with Gasteiger partial charge in [0.15, 0.2) is 0 Å². The van der Waals surface area contributed by atoms with E-state index in [9.17, 15) is 15.1 Å². The summed E-state index contributed by atoms with van der Waals surface area (Å²) in [5.74, 6) is 0.560. The van der Waals surface area contributed by atoms with Crippen LogP contribution in [-0.2, 0) is 9.39 Å². The molecule has 1 aliphatic heterocycles. The fraction of sp³-hybridized carbons (Fsp3) is 0.571. The molecule has 1 heterocycles. The van der Waals surface area contributed by atoms with Gasteiger partial charge in [-0.15, -0.1) is 0 Å². The molecule has 0 aromatic heterocycles. The molecule has 1 N–H and O–H groups in total. The second kappa shape index (κ2) is 8.12. The Balaban J connectivity index is 2.00. The second-order valence-corrected chi connectivity index (χ2v) is 4.98. The Kier molecular flexibility index (Phi) is 6.17. The Morgan fingerprint density at radius 2 is 2.27 bits per heavy atom. The van der Waals surface area contributed by atoms with Crippen LogP contribution in [0.15, 0.2) is 18.2 Å². The van der Waals surface area contributed by atoms with Crippen molar-refractivity contribution >= 4 is 12.6 Å². The summed E-state index contributed by atoms with van der Waals surface area (Å²) in [5.41, 5.74) is 1.34. The molecule has 0 aliphatic carbocycles. The summed E-state index contributed by atoms with van der Waals surface area (Å²) in [7, 11) is -1.10. The Morgan fingerprint density at radius 3 is 3.00 bits per heavy atom. The van der Waals surface area contributed by atoms with Gasteiger partial charge < -0.3 is 19.2 Å². The first-order valence-electron chi connectivity index (χ1n) is 7.42. The summed E-state index contributed by atoms with van der Waals surface area (Å²) in [4.78, 5) is 10.1. The van der Waals surface area contributed by atoms with Crippen LogP contribution in [0.2, 0.25) is 0 Å². The van der Waals surface area contributed by atoms with Gasteiger partial charge in [0.2, 0.25) is 6.54 Å². The van der Waals surface area contributed by atoms with Gasteiger partial charge in [0.25, 0.3) is 0 Å². The van der Waals surface area contributed by atoms with Crippen LogP contribution in [0.25, 0.3) is 0 Å². The van der Waals surface area contributed by atoms with E-state index in [1.165, 1.54) is 0 Å². The van der Waals surface area contributed by atoms with Crippen molar-refractivity contribution in [3.05, 3.63) is 33.9 Å². The van der Waals surface area contributed by atoms with E-state index in [0.717, 1.165) is 12.0 Å². The highest BCUT2D eigenvalue weighted by Gasteiger charge is 2.38. The third-order valence-electron chi connectivity index (χ3n) is 3.46. The van der Waals surface area contributed by atoms with Crippen LogP contribution in [-0.4, -0.2) is 43.4 Å². The average Bonchev–Trinajstić information content (AvgIpc) is 2.82. The monoisotopic (exact) mass is 309 g/mol. The lowest BCUT2D eigenvalue weighted by Crippen LogP contribution is -2.30. The summed E-state index contributed by atoms with van der Waals surface area (Å²) < 4.78 is 16.3. The molecular formula is C14H20BNO6. The molecule has 0 radical (unpaired) electrons. The normalized spacial score (nSPS) is 16.6. The van der Waals surface area contributed by atoms with Crippen molar-refractivity contribution in [2.45, 2.75) is 25.9 Å². The van der Waals surface area contributed by atoms with Crippen LogP contribution in [0.4, 0.5) is 0 Å². The highest BCUT2D eigenvalue weighted by atomic mass is 16.6. The van der Waals surface area contributed by atoms with E-state index >= 15 is 0 Å². The zero-order chi connectivity index (χ0) is 15.9. The maximum absolute atomic E-state index is 10.5. The molecule has 7 nitrogen and oxygen atoms in total. The number of nitro groups is 1. The largest absolute Gasteiger partial charge is 0.495 e. The molecule has 0 amide bonds. The number of hydrogen-bond donors (Lipinski definition) is 1. The number of benzene rings is 1. The Hall–Kier alpha value is -1.64. The molecule has 1 aliphatic rings. The molecule has 1 aromatic rings. The lowest BCUT2D eigenvalue weighted by Gasteiger charge is -2.11. The molecule has 8 heteroatoms. The van der Waals surface area contributed by atoms with Gasteiger partial charge in [0.05, 0.1) is 12.7 Å². The van der Waals surface area contributed by atoms with Gasteiger partial charge in [-0.25, -0.2) is 0 Å². The third kappa shape index (κ3) is 4.19. The summed E-state index contributed by atoms with van der Waals surface area (Å²) in [6.45, 7) is 3.50. The van der Waals surface area contributed by atoms with Crippen molar-refractivity contribution in [3.63, 3.8) is 0 Å². The van der Waals surface area contributed by atoms with Crippen LogP contribution >= 0.6 is 0 Å². The molecule has 22 heavy (non-hydrogen) atoms. The van der Waals surface area contributed by atoms with E-state index < -0.39 is 13.2 Å². The number of hydrogen-bond acceptors (Lipinski definition) is 6. The minimum atomic E-state index is -1.10. The smallest absolute Gasteiger partial charge is 0.494 e. The van der Waals surface area contributed by atoms with E-state index in [2.05, 4.69) is 0 Å². The van der Waals surface area contributed by atoms with Gasteiger partial charge in [-0.05, 0) is 18.6 Å². The molecule has 2 rings (SSSR count). The van der Waals surface area contributed by atoms with Gasteiger partial charge in [-0.3, -0.25) is 10.1 Å². The van der Waals surface area contributed by atoms with Gasteiger partial charge in [0, 0.05) is 36.4 Å². The van der Waals surface area contributed by atoms with Crippen molar-refractivity contribution in [2.75, 3.05) is 26.4 Å². The molecular weight excluding hydrogens is 289 g/mol. The van der Waals surface area contributed by atoms with E-state index in [4.69, 9.17) is 14.1 Å². The average molecular weight is 309 g/mol. The number of fused-ring (bicyclic) bond motifs is 1. The van der Waals surface area contributed by atoms with Crippen LogP contribution in [0.1, 0.15) is 31.4 Å². The van der Waals surface area contributed by atoms with Crippen molar-refractivity contribution in [1.29, 1.82) is 0 Å². The fourth-order valence-corrected chi connectivity index (χ4v) is 2.46. The van der Waals surface area contributed by atoms with Crippen LogP contribution in [0.3, 0.4) is 0 Å². The number of nitrogens with zero attached hydrogens (tertiary/aromatic N) is 1. The van der Waals surface area contributed by atoms with E-state index in [1.54, 1.807) is 12.1 Å². The molecule has 0 saturated heterocycles. The first-order valence-corrected chi connectivity index (χ1v) is 7.42. The van der Waals surface area contributed by atoms with Crippen LogP contribution in [0, 0.1) is 10.1 Å². The zero-order valence-electron chi connectivity index (χ0n) is 12.6. The Bertz CT molecular complexity index is 512. The molecule has 1 unspecified atom stereocenters. The lowest BCUT2D eigenvalue weighted by atomic mass is 9.78. The van der Waals surface area contributed by atoms with Crippen LogP contribution in [0.5, 0.6) is 5.75 Å². The minimum absolute atomic E-state index is 0.198. The lowest BCUT2D eigenvalue weighted by molar-refractivity contribution is -0.482. The highest BCUT2D eigenvalue weighted by Crippen LogP contribution is 2.30. The molecule has 120 valence electrons. The Labute approximate surface area is 129 Å². The van der Waals surface area contributed by atoms with E-state index in [0.29, 0.717) is 31.0 Å². The van der Waals surface area contributed by atoms with Gasteiger partial charge in [-0.1, -0.05) is 12.1 Å². The summed E-state index contributed by atoms with van der Waals surface area (Å²) in [6.07, 6.45) is 0.506. The maximum Gasteiger partial charge on any atom is 0.495 e. The number of rotatable bonds is 9. The summed E-state index contributed by atoms with van der Waals surface area (Å²) >= 11 is 0. The van der Waals surface area contributed by atoms with Crippen molar-refractivity contribution < 1.29 is 24.1 Å². The predicted octanol–water partition coefficient (Wildman–Crippen LogP) is 0.918. The van der Waals surface area contributed by atoms with Crippen molar-refractivity contribution in [3.8, 4) is 5.75 Å². The van der Waals surface area contributed by atoms with Gasteiger partial charge >= 0.3 is 7.12 Å². The SMILES string of the molecule is CCOCCCOc1cccc2c1B(O)OC2CC[N+](=O)[O-]. The molecule has 0 saturated carbocycles. The minimum Gasteiger partial charge on any atom is -0.494 e. The van der Waals surface area contributed by atoms with E-state index in [1.807, 2.05) is 13.0 Å². The van der Waals surface area contributed by atoms with Gasteiger partial charge in [0.1, 0.15) is 5.75 Å². The molecule has 1 aromatic carbocycles. The van der Waals surface area contributed by atoms with E-state index in [-0.39, 0.29) is 17.9 Å². The van der Waals surface area contributed by atoms with Gasteiger partial charge in [-0.2, -0.15) is 0 Å². The second-order valence-electron chi connectivity index (χ2n) is 4.98. The Morgan fingerprint density at radius 1 is 1.45 bits per heavy atom. The zero-order valence-corrected chi connectivity index (χ0v) is 12.6. The molecule has 0 bridgehead atoms. The molecule has 0 spiro atoms. The highest BCUT2D eigenvalue weighted by molar-refractivity contribution is 6.62.